The molecule has 0 aliphatic carbocycles. The Morgan fingerprint density at radius 1 is 1.22 bits per heavy atom. The van der Waals surface area contributed by atoms with Crippen LogP contribution in [-0.2, 0) is 0 Å². The van der Waals surface area contributed by atoms with Crippen LogP contribution < -0.4 is 5.32 Å². The van der Waals surface area contributed by atoms with E-state index in [2.05, 4.69) is 42.8 Å². The molecule has 0 radical (unpaired) electrons. The lowest BCUT2D eigenvalue weighted by atomic mass is 10.2. The van der Waals surface area contributed by atoms with Gasteiger partial charge in [0.05, 0.1) is 0 Å². The summed E-state index contributed by atoms with van der Waals surface area (Å²) < 4.78 is 0. The Labute approximate surface area is 114 Å². The number of likely N-dealkylation sites (tertiary alicyclic amines) is 1. The molecule has 1 aliphatic heterocycles. The molecule has 108 valence electrons. The molecule has 3 heteroatoms. The first-order valence-corrected chi connectivity index (χ1v) is 7.91. The van der Waals surface area contributed by atoms with Crippen LogP contribution in [0, 0.1) is 0 Å². The topological polar surface area (TPSA) is 18.5 Å². The highest BCUT2D eigenvalue weighted by atomic mass is 15.3. The fourth-order valence-electron chi connectivity index (χ4n) is 3.00. The third-order valence-electron chi connectivity index (χ3n) is 4.31. The van der Waals surface area contributed by atoms with E-state index in [0.717, 1.165) is 18.6 Å². The fourth-order valence-corrected chi connectivity index (χ4v) is 3.00. The zero-order valence-electron chi connectivity index (χ0n) is 12.9. The standard InChI is InChI=1S/C15H33N3/c1-5-10-16-11-8-14(4)18-12-9-15(13-18)17(6-2)7-3/h14-16H,5-13H2,1-4H3. The summed E-state index contributed by atoms with van der Waals surface area (Å²) in [5.41, 5.74) is 0. The first-order chi connectivity index (χ1) is 8.72. The quantitative estimate of drug-likeness (QED) is 0.637. The molecule has 1 fully saturated rings. The van der Waals surface area contributed by atoms with Crippen molar-refractivity contribution in [3.8, 4) is 0 Å². The van der Waals surface area contributed by atoms with E-state index in [1.807, 2.05) is 0 Å². The molecule has 1 saturated heterocycles. The average molecular weight is 255 g/mol. The lowest BCUT2D eigenvalue weighted by molar-refractivity contribution is 0.188. The summed E-state index contributed by atoms with van der Waals surface area (Å²) in [4.78, 5) is 5.29. The van der Waals surface area contributed by atoms with Crippen LogP contribution in [0.5, 0.6) is 0 Å². The van der Waals surface area contributed by atoms with E-state index in [4.69, 9.17) is 0 Å². The van der Waals surface area contributed by atoms with Gasteiger partial charge < -0.3 is 5.32 Å². The molecule has 1 rings (SSSR count). The van der Waals surface area contributed by atoms with Crippen LogP contribution in [0.2, 0.25) is 0 Å². The Bertz CT molecular complexity index is 204. The summed E-state index contributed by atoms with van der Waals surface area (Å²) >= 11 is 0. The Morgan fingerprint density at radius 3 is 2.56 bits per heavy atom. The maximum Gasteiger partial charge on any atom is 0.0235 e. The van der Waals surface area contributed by atoms with Crippen LogP contribution in [-0.4, -0.2) is 61.2 Å². The van der Waals surface area contributed by atoms with Gasteiger partial charge in [0.15, 0.2) is 0 Å². The van der Waals surface area contributed by atoms with E-state index in [-0.39, 0.29) is 0 Å². The highest BCUT2D eigenvalue weighted by molar-refractivity contribution is 4.85. The van der Waals surface area contributed by atoms with Crippen molar-refractivity contribution in [1.29, 1.82) is 0 Å². The van der Waals surface area contributed by atoms with Crippen LogP contribution in [0.25, 0.3) is 0 Å². The average Bonchev–Trinajstić information content (AvgIpc) is 2.86. The number of nitrogens with one attached hydrogen (secondary N) is 1. The van der Waals surface area contributed by atoms with E-state index >= 15 is 0 Å². The monoisotopic (exact) mass is 255 g/mol. The Kier molecular flexibility index (Phi) is 7.87. The predicted octanol–water partition coefficient (Wildman–Crippen LogP) is 2.18. The Balaban J connectivity index is 2.23. The maximum atomic E-state index is 3.51. The smallest absolute Gasteiger partial charge is 0.0235 e. The van der Waals surface area contributed by atoms with Gasteiger partial charge in [-0.25, -0.2) is 0 Å². The van der Waals surface area contributed by atoms with Gasteiger partial charge in [0.1, 0.15) is 0 Å². The van der Waals surface area contributed by atoms with Crippen molar-refractivity contribution >= 4 is 0 Å². The summed E-state index contributed by atoms with van der Waals surface area (Å²) in [5.74, 6) is 0. The van der Waals surface area contributed by atoms with E-state index in [9.17, 15) is 0 Å². The van der Waals surface area contributed by atoms with Gasteiger partial charge in [-0.2, -0.15) is 0 Å². The van der Waals surface area contributed by atoms with Crippen LogP contribution in [0.1, 0.15) is 47.0 Å². The molecule has 2 unspecified atom stereocenters. The predicted molar refractivity (Wildman–Crippen MR) is 80.1 cm³/mol. The van der Waals surface area contributed by atoms with Gasteiger partial charge >= 0.3 is 0 Å². The van der Waals surface area contributed by atoms with Gasteiger partial charge in [0, 0.05) is 25.2 Å². The first-order valence-electron chi connectivity index (χ1n) is 7.91. The molecule has 0 amide bonds. The molecule has 0 bridgehead atoms. The number of likely N-dealkylation sites (N-methyl/N-ethyl adjacent to an activating group) is 1. The maximum absolute atomic E-state index is 3.51. The van der Waals surface area contributed by atoms with Crippen molar-refractivity contribution in [3.05, 3.63) is 0 Å². The molecule has 2 atom stereocenters. The van der Waals surface area contributed by atoms with Gasteiger partial charge in [0.2, 0.25) is 0 Å². The molecule has 1 aliphatic rings. The summed E-state index contributed by atoms with van der Waals surface area (Å²) in [6, 6.07) is 1.53. The zero-order chi connectivity index (χ0) is 13.4. The second kappa shape index (κ2) is 8.89. The van der Waals surface area contributed by atoms with Crippen LogP contribution in [0.3, 0.4) is 0 Å². The number of nitrogens with zero attached hydrogens (tertiary/aromatic N) is 2. The molecule has 1 heterocycles. The normalized spacial score (nSPS) is 22.8. The van der Waals surface area contributed by atoms with E-state index in [0.29, 0.717) is 0 Å². The molecule has 0 spiro atoms. The van der Waals surface area contributed by atoms with Gasteiger partial charge in [-0.05, 0) is 52.4 Å². The molecular formula is C15H33N3. The number of hydrogen-bond acceptors (Lipinski definition) is 3. The molecule has 0 saturated carbocycles. The molecule has 1 N–H and O–H groups in total. The van der Waals surface area contributed by atoms with Crippen molar-refractivity contribution in [1.82, 2.24) is 15.1 Å². The van der Waals surface area contributed by atoms with Crippen molar-refractivity contribution in [2.24, 2.45) is 0 Å². The zero-order valence-corrected chi connectivity index (χ0v) is 12.9. The highest BCUT2D eigenvalue weighted by Crippen LogP contribution is 2.18. The second-order valence-electron chi connectivity index (χ2n) is 5.55. The third-order valence-corrected chi connectivity index (χ3v) is 4.31. The van der Waals surface area contributed by atoms with Gasteiger partial charge in [-0.3, -0.25) is 9.80 Å². The van der Waals surface area contributed by atoms with Crippen molar-refractivity contribution in [2.45, 2.75) is 59.0 Å². The SMILES string of the molecule is CCCNCCC(C)N1CCC(N(CC)CC)C1. The summed E-state index contributed by atoms with van der Waals surface area (Å²) in [6.45, 7) is 16.5. The summed E-state index contributed by atoms with van der Waals surface area (Å²) in [7, 11) is 0. The van der Waals surface area contributed by atoms with E-state index in [1.54, 1.807) is 0 Å². The van der Waals surface area contributed by atoms with Crippen molar-refractivity contribution in [2.75, 3.05) is 39.3 Å². The van der Waals surface area contributed by atoms with Crippen LogP contribution >= 0.6 is 0 Å². The van der Waals surface area contributed by atoms with Gasteiger partial charge in [-0.1, -0.05) is 20.8 Å². The minimum Gasteiger partial charge on any atom is -0.317 e. The van der Waals surface area contributed by atoms with Gasteiger partial charge in [0.25, 0.3) is 0 Å². The largest absolute Gasteiger partial charge is 0.317 e. The fraction of sp³-hybridized carbons (Fsp3) is 1.00. The highest BCUT2D eigenvalue weighted by Gasteiger charge is 2.28. The molecule has 0 aromatic heterocycles. The Hall–Kier alpha value is -0.120. The van der Waals surface area contributed by atoms with E-state index in [1.165, 1.54) is 52.0 Å². The molecule has 3 nitrogen and oxygen atoms in total. The second-order valence-corrected chi connectivity index (χ2v) is 5.55. The summed E-state index contributed by atoms with van der Waals surface area (Å²) in [5, 5.41) is 3.51. The summed E-state index contributed by atoms with van der Waals surface area (Å²) in [6.07, 6.45) is 3.88. The third kappa shape index (κ3) is 4.87. The number of rotatable bonds is 9. The van der Waals surface area contributed by atoms with Crippen LogP contribution in [0.4, 0.5) is 0 Å². The Morgan fingerprint density at radius 2 is 1.94 bits per heavy atom. The number of hydrogen-bond donors (Lipinski definition) is 1. The lowest BCUT2D eigenvalue weighted by Crippen LogP contribution is -2.40. The minimum atomic E-state index is 0.731. The molecule has 18 heavy (non-hydrogen) atoms. The van der Waals surface area contributed by atoms with Crippen molar-refractivity contribution in [3.63, 3.8) is 0 Å². The molecule has 0 aromatic carbocycles. The molecule has 0 aromatic rings. The lowest BCUT2D eigenvalue weighted by Gasteiger charge is -2.28. The van der Waals surface area contributed by atoms with Crippen LogP contribution in [0.15, 0.2) is 0 Å². The van der Waals surface area contributed by atoms with E-state index < -0.39 is 0 Å². The van der Waals surface area contributed by atoms with Crippen molar-refractivity contribution < 1.29 is 0 Å². The first kappa shape index (κ1) is 15.9. The molecular weight excluding hydrogens is 222 g/mol. The minimum absolute atomic E-state index is 0.731. The van der Waals surface area contributed by atoms with Gasteiger partial charge in [-0.15, -0.1) is 0 Å².